The molecule has 0 saturated carbocycles. The van der Waals surface area contributed by atoms with Crippen LogP contribution in [0.25, 0.3) is 5.69 Å². The van der Waals surface area contributed by atoms with Gasteiger partial charge in [0.1, 0.15) is 11.6 Å². The first kappa shape index (κ1) is 14.1. The molecule has 2 aromatic heterocycles. The fourth-order valence-electron chi connectivity index (χ4n) is 3.08. The van der Waals surface area contributed by atoms with E-state index in [1.807, 2.05) is 23.9 Å². The molecule has 0 spiro atoms. The zero-order chi connectivity index (χ0) is 15.6. The van der Waals surface area contributed by atoms with Crippen LogP contribution in [0.15, 0.2) is 42.7 Å². The molecule has 1 aliphatic heterocycles. The monoisotopic (exact) mass is 308 g/mol. The smallest absolute Gasteiger partial charge is 0.133 e. The van der Waals surface area contributed by atoms with Crippen LogP contribution in [0, 0.1) is 6.92 Å². The van der Waals surface area contributed by atoms with Crippen molar-refractivity contribution in [3.8, 4) is 5.69 Å². The van der Waals surface area contributed by atoms with E-state index in [-0.39, 0.29) is 0 Å². The molecule has 3 heterocycles. The number of aromatic nitrogens is 5. The van der Waals surface area contributed by atoms with Gasteiger partial charge >= 0.3 is 0 Å². The first-order valence-electron chi connectivity index (χ1n) is 8.00. The van der Waals surface area contributed by atoms with Crippen molar-refractivity contribution in [2.45, 2.75) is 38.9 Å². The van der Waals surface area contributed by atoms with Crippen LogP contribution in [0.5, 0.6) is 0 Å². The van der Waals surface area contributed by atoms with Gasteiger partial charge in [-0.3, -0.25) is 0 Å². The molecule has 3 aromatic rings. The van der Waals surface area contributed by atoms with E-state index in [0.717, 1.165) is 43.3 Å². The minimum absolute atomic E-state index is 0.475. The Hall–Kier alpha value is -2.47. The van der Waals surface area contributed by atoms with Gasteiger partial charge < -0.3 is 9.88 Å². The van der Waals surface area contributed by atoms with E-state index in [2.05, 4.69) is 49.4 Å². The lowest BCUT2D eigenvalue weighted by atomic mass is 10.1. The van der Waals surface area contributed by atoms with Crippen LogP contribution < -0.4 is 5.32 Å². The normalized spacial score (nSPS) is 17.2. The van der Waals surface area contributed by atoms with Crippen molar-refractivity contribution in [1.82, 2.24) is 29.9 Å². The summed E-state index contributed by atoms with van der Waals surface area (Å²) in [5.74, 6) is 2.12. The number of hydrogen-bond donors (Lipinski definition) is 1. The van der Waals surface area contributed by atoms with Gasteiger partial charge in [0.25, 0.3) is 0 Å². The van der Waals surface area contributed by atoms with Gasteiger partial charge in [-0.15, -0.1) is 10.2 Å². The summed E-state index contributed by atoms with van der Waals surface area (Å²) in [6.07, 6.45) is 5.86. The second kappa shape index (κ2) is 5.96. The van der Waals surface area contributed by atoms with E-state index in [0.29, 0.717) is 6.04 Å². The van der Waals surface area contributed by atoms with Crippen LogP contribution in [0.2, 0.25) is 0 Å². The predicted octanol–water partition coefficient (Wildman–Crippen LogP) is 1.88. The Balaban J connectivity index is 1.37. The Morgan fingerprint density at radius 2 is 2.09 bits per heavy atom. The Bertz CT molecular complexity index is 772. The molecular formula is C17H20N6. The maximum absolute atomic E-state index is 4.25. The average Bonchev–Trinajstić information content (AvgIpc) is 3.24. The Kier molecular flexibility index (Phi) is 3.67. The van der Waals surface area contributed by atoms with E-state index in [1.54, 1.807) is 6.20 Å². The maximum atomic E-state index is 4.25. The number of fused-ring (bicyclic) bond motifs is 1. The number of aryl methyl sites for hydroxylation is 2. The van der Waals surface area contributed by atoms with Crippen LogP contribution >= 0.6 is 0 Å². The third kappa shape index (κ3) is 2.90. The van der Waals surface area contributed by atoms with Gasteiger partial charge in [0.2, 0.25) is 0 Å². The van der Waals surface area contributed by atoms with Gasteiger partial charge in [-0.05, 0) is 37.1 Å². The number of nitrogens with one attached hydrogen (secondary N) is 1. The van der Waals surface area contributed by atoms with Crippen molar-refractivity contribution in [3.05, 3.63) is 59.9 Å². The van der Waals surface area contributed by atoms with Crippen molar-refractivity contribution in [1.29, 1.82) is 0 Å². The van der Waals surface area contributed by atoms with Crippen LogP contribution in [0.1, 0.15) is 23.6 Å². The van der Waals surface area contributed by atoms with E-state index < -0.39 is 0 Å². The molecule has 0 radical (unpaired) electrons. The SMILES string of the molecule is Cc1nnc2n1C[C@@H](NCc1ccc(-n3cccn3)cc1)CC2. The average molecular weight is 308 g/mol. The highest BCUT2D eigenvalue weighted by Gasteiger charge is 2.20. The number of nitrogens with zero attached hydrogens (tertiary/aromatic N) is 5. The maximum Gasteiger partial charge on any atom is 0.133 e. The molecule has 1 atom stereocenters. The molecule has 4 rings (SSSR count). The molecule has 118 valence electrons. The number of hydrogen-bond acceptors (Lipinski definition) is 4. The molecule has 0 unspecified atom stereocenters. The van der Waals surface area contributed by atoms with Gasteiger partial charge in [0.05, 0.1) is 5.69 Å². The highest BCUT2D eigenvalue weighted by Crippen LogP contribution is 2.15. The summed E-state index contributed by atoms with van der Waals surface area (Å²) in [6.45, 7) is 3.85. The summed E-state index contributed by atoms with van der Waals surface area (Å²) in [5.41, 5.74) is 2.37. The first-order chi connectivity index (χ1) is 11.3. The fraction of sp³-hybridized carbons (Fsp3) is 0.353. The third-order valence-corrected chi connectivity index (χ3v) is 4.43. The molecule has 0 aliphatic carbocycles. The molecule has 1 N–H and O–H groups in total. The quantitative estimate of drug-likeness (QED) is 0.799. The minimum atomic E-state index is 0.475. The fourth-order valence-corrected chi connectivity index (χ4v) is 3.08. The lowest BCUT2D eigenvalue weighted by Crippen LogP contribution is -2.37. The van der Waals surface area contributed by atoms with Crippen molar-refractivity contribution in [2.24, 2.45) is 0 Å². The zero-order valence-corrected chi connectivity index (χ0v) is 13.2. The first-order valence-corrected chi connectivity index (χ1v) is 8.00. The van der Waals surface area contributed by atoms with Crippen LogP contribution in [-0.2, 0) is 19.5 Å². The van der Waals surface area contributed by atoms with Gasteiger partial charge in [0, 0.05) is 37.9 Å². The molecule has 0 amide bonds. The van der Waals surface area contributed by atoms with Crippen LogP contribution in [-0.4, -0.2) is 30.6 Å². The second-order valence-corrected chi connectivity index (χ2v) is 6.01. The van der Waals surface area contributed by atoms with Gasteiger partial charge in [0.15, 0.2) is 0 Å². The molecule has 23 heavy (non-hydrogen) atoms. The highest BCUT2D eigenvalue weighted by molar-refractivity contribution is 5.33. The number of benzene rings is 1. The Morgan fingerprint density at radius 3 is 2.87 bits per heavy atom. The lowest BCUT2D eigenvalue weighted by Gasteiger charge is -2.25. The summed E-state index contributed by atoms with van der Waals surface area (Å²) < 4.78 is 4.09. The van der Waals surface area contributed by atoms with Gasteiger partial charge in [-0.2, -0.15) is 5.10 Å². The van der Waals surface area contributed by atoms with Crippen LogP contribution in [0.3, 0.4) is 0 Å². The minimum Gasteiger partial charge on any atom is -0.314 e. The standard InChI is InChI=1S/C17H20N6/c1-13-20-21-17-8-5-15(12-22(13)17)18-11-14-3-6-16(7-4-14)23-10-2-9-19-23/h2-4,6-7,9-10,15,18H,5,8,11-12H2,1H3/t15-/m0/s1. The zero-order valence-electron chi connectivity index (χ0n) is 13.2. The van der Waals surface area contributed by atoms with E-state index in [9.17, 15) is 0 Å². The third-order valence-electron chi connectivity index (χ3n) is 4.43. The summed E-state index contributed by atoms with van der Waals surface area (Å²) in [4.78, 5) is 0. The van der Waals surface area contributed by atoms with Crippen LogP contribution in [0.4, 0.5) is 0 Å². The summed E-state index contributed by atoms with van der Waals surface area (Å²) in [6, 6.07) is 10.9. The molecule has 6 nitrogen and oxygen atoms in total. The molecule has 0 saturated heterocycles. The highest BCUT2D eigenvalue weighted by atomic mass is 15.3. The molecule has 1 aliphatic rings. The second-order valence-electron chi connectivity index (χ2n) is 6.01. The predicted molar refractivity (Wildman–Crippen MR) is 87.3 cm³/mol. The molecule has 0 fully saturated rings. The summed E-state index contributed by atoms with van der Waals surface area (Å²) in [5, 5.41) is 16.3. The summed E-state index contributed by atoms with van der Waals surface area (Å²) >= 11 is 0. The van der Waals surface area contributed by atoms with E-state index in [1.165, 1.54) is 5.56 Å². The largest absolute Gasteiger partial charge is 0.314 e. The van der Waals surface area contributed by atoms with E-state index in [4.69, 9.17) is 0 Å². The van der Waals surface area contributed by atoms with Gasteiger partial charge in [-0.1, -0.05) is 12.1 Å². The van der Waals surface area contributed by atoms with Crippen molar-refractivity contribution < 1.29 is 0 Å². The van der Waals surface area contributed by atoms with Crippen molar-refractivity contribution in [2.75, 3.05) is 0 Å². The Morgan fingerprint density at radius 1 is 1.22 bits per heavy atom. The summed E-state index contributed by atoms with van der Waals surface area (Å²) in [7, 11) is 0. The van der Waals surface area contributed by atoms with E-state index >= 15 is 0 Å². The molecule has 1 aromatic carbocycles. The number of rotatable bonds is 4. The van der Waals surface area contributed by atoms with Crippen molar-refractivity contribution in [3.63, 3.8) is 0 Å². The molecular weight excluding hydrogens is 288 g/mol. The molecule has 0 bridgehead atoms. The van der Waals surface area contributed by atoms with Crippen molar-refractivity contribution >= 4 is 0 Å². The molecule has 6 heteroatoms. The lowest BCUT2D eigenvalue weighted by molar-refractivity contribution is 0.375. The topological polar surface area (TPSA) is 60.6 Å². The Labute approximate surface area is 135 Å². The van der Waals surface area contributed by atoms with Gasteiger partial charge in [-0.25, -0.2) is 4.68 Å².